The number of benzene rings is 3. The molecule has 138 valence electrons. The van der Waals surface area contributed by atoms with Gasteiger partial charge in [-0.1, -0.05) is 23.7 Å². The van der Waals surface area contributed by atoms with Crippen molar-refractivity contribution in [2.24, 2.45) is 0 Å². The second-order valence-corrected chi connectivity index (χ2v) is 7.41. The average molecular weight is 399 g/mol. The van der Waals surface area contributed by atoms with E-state index in [4.69, 9.17) is 21.1 Å². The molecule has 1 N–H and O–H groups in total. The molecule has 1 saturated heterocycles. The number of methoxy groups -OCH3 is 1. The molecule has 1 atom stereocenters. The van der Waals surface area contributed by atoms with Crippen LogP contribution in [0.1, 0.15) is 11.6 Å². The van der Waals surface area contributed by atoms with Gasteiger partial charge in [-0.2, -0.15) is 0 Å². The van der Waals surface area contributed by atoms with Crippen LogP contribution in [0.5, 0.6) is 17.2 Å². The molecule has 1 heterocycles. The summed E-state index contributed by atoms with van der Waals surface area (Å²) < 4.78 is 16.9. The van der Waals surface area contributed by atoms with Gasteiger partial charge in [0.25, 0.3) is 0 Å². The fourth-order valence-corrected chi connectivity index (χ4v) is 4.01. The highest BCUT2D eigenvalue weighted by Crippen LogP contribution is 2.38. The number of hydrogen-bond acceptors (Lipinski definition) is 5. The number of rotatable bonds is 5. The van der Waals surface area contributed by atoms with Crippen LogP contribution in [0, 0.1) is 0 Å². The minimum Gasteiger partial charge on any atom is -0.497 e. The summed E-state index contributed by atoms with van der Waals surface area (Å²) in [7, 11) is 1.69. The lowest BCUT2D eigenvalue weighted by Crippen LogP contribution is -2.18. The summed E-state index contributed by atoms with van der Waals surface area (Å²) in [4.78, 5) is 0. The second kappa shape index (κ2) is 8.13. The fraction of sp³-hybridized carbons (Fsp3) is 0.143. The van der Waals surface area contributed by atoms with Crippen molar-refractivity contribution in [1.82, 2.24) is 4.72 Å². The zero-order valence-electron chi connectivity index (χ0n) is 14.8. The van der Waals surface area contributed by atoms with Crippen LogP contribution in [-0.4, -0.2) is 13.7 Å². The molecule has 27 heavy (non-hydrogen) atoms. The topological polar surface area (TPSA) is 33.7 Å². The van der Waals surface area contributed by atoms with E-state index in [0.29, 0.717) is 5.02 Å². The SMILES string of the molecule is COc1cccc(C2CNSN2c2ccc(Oc3ccc(Cl)cc3)cc2)c1. The molecule has 1 fully saturated rings. The van der Waals surface area contributed by atoms with Gasteiger partial charge in [-0.15, -0.1) is 0 Å². The van der Waals surface area contributed by atoms with Crippen molar-refractivity contribution in [3.05, 3.63) is 83.4 Å². The van der Waals surface area contributed by atoms with Crippen LogP contribution in [0.3, 0.4) is 0 Å². The van der Waals surface area contributed by atoms with Crippen molar-refractivity contribution in [2.45, 2.75) is 6.04 Å². The van der Waals surface area contributed by atoms with E-state index in [1.807, 2.05) is 48.5 Å². The van der Waals surface area contributed by atoms with E-state index >= 15 is 0 Å². The summed E-state index contributed by atoms with van der Waals surface area (Å²) in [6.07, 6.45) is 0. The fourth-order valence-electron chi connectivity index (χ4n) is 2.97. The lowest BCUT2D eigenvalue weighted by molar-refractivity contribution is 0.414. The first-order valence-electron chi connectivity index (χ1n) is 8.59. The van der Waals surface area contributed by atoms with Crippen molar-refractivity contribution < 1.29 is 9.47 Å². The molecule has 0 spiro atoms. The molecule has 0 saturated carbocycles. The van der Waals surface area contributed by atoms with E-state index in [9.17, 15) is 0 Å². The van der Waals surface area contributed by atoms with E-state index in [0.717, 1.165) is 29.5 Å². The molecule has 0 radical (unpaired) electrons. The van der Waals surface area contributed by atoms with Gasteiger partial charge in [-0.3, -0.25) is 4.31 Å². The molecule has 3 aromatic rings. The van der Waals surface area contributed by atoms with E-state index in [1.54, 1.807) is 19.2 Å². The maximum atomic E-state index is 5.91. The third-order valence-corrected chi connectivity index (χ3v) is 5.55. The summed E-state index contributed by atoms with van der Waals surface area (Å²) >= 11 is 7.52. The molecule has 1 aliphatic heterocycles. The van der Waals surface area contributed by atoms with Crippen molar-refractivity contribution in [2.75, 3.05) is 18.0 Å². The molecule has 3 aromatic carbocycles. The third kappa shape index (κ3) is 4.16. The van der Waals surface area contributed by atoms with Crippen LogP contribution in [0.15, 0.2) is 72.8 Å². The lowest BCUT2D eigenvalue weighted by atomic mass is 10.1. The Bertz CT molecular complexity index is 903. The number of anilines is 1. The van der Waals surface area contributed by atoms with Gasteiger partial charge >= 0.3 is 0 Å². The molecule has 0 amide bonds. The minimum absolute atomic E-state index is 0.230. The third-order valence-electron chi connectivity index (χ3n) is 4.34. The molecule has 1 aliphatic rings. The van der Waals surface area contributed by atoms with Crippen LogP contribution in [0.2, 0.25) is 5.02 Å². The molecule has 6 heteroatoms. The Hall–Kier alpha value is -2.34. The standard InChI is InChI=1S/C21H19ClN2O2S/c1-25-20-4-2-3-15(13-20)21-14-23-27-24(21)17-7-11-19(12-8-17)26-18-9-5-16(22)6-10-18/h2-13,21,23H,14H2,1H3. The number of hydrogen-bond donors (Lipinski definition) is 1. The quantitative estimate of drug-likeness (QED) is 0.545. The molecule has 0 bridgehead atoms. The van der Waals surface area contributed by atoms with Gasteiger partial charge in [-0.05, 0) is 66.2 Å². The lowest BCUT2D eigenvalue weighted by Gasteiger charge is -2.24. The maximum Gasteiger partial charge on any atom is 0.127 e. The molecular formula is C21H19ClN2O2S. The van der Waals surface area contributed by atoms with Gasteiger partial charge in [0.05, 0.1) is 13.2 Å². The number of nitrogens with zero attached hydrogens (tertiary/aromatic N) is 1. The van der Waals surface area contributed by atoms with Gasteiger partial charge in [0.15, 0.2) is 0 Å². The van der Waals surface area contributed by atoms with Crippen LogP contribution in [0.25, 0.3) is 0 Å². The van der Waals surface area contributed by atoms with Crippen molar-refractivity contribution in [1.29, 1.82) is 0 Å². The van der Waals surface area contributed by atoms with Crippen molar-refractivity contribution in [3.8, 4) is 17.2 Å². The van der Waals surface area contributed by atoms with Gasteiger partial charge in [0.2, 0.25) is 0 Å². The van der Waals surface area contributed by atoms with Gasteiger partial charge in [-0.25, -0.2) is 4.72 Å². The summed E-state index contributed by atoms with van der Waals surface area (Å²) in [6, 6.07) is 23.9. The summed E-state index contributed by atoms with van der Waals surface area (Å²) in [5, 5.41) is 0.694. The van der Waals surface area contributed by atoms with Crippen LogP contribution >= 0.6 is 23.7 Å². The predicted molar refractivity (Wildman–Crippen MR) is 112 cm³/mol. The van der Waals surface area contributed by atoms with Crippen molar-refractivity contribution >= 4 is 29.4 Å². The zero-order chi connectivity index (χ0) is 18.6. The number of halogens is 1. The minimum atomic E-state index is 0.230. The molecule has 0 aromatic heterocycles. The molecule has 1 unspecified atom stereocenters. The van der Waals surface area contributed by atoms with Gasteiger partial charge < -0.3 is 9.47 Å². The summed E-state index contributed by atoms with van der Waals surface area (Å²) in [5.74, 6) is 2.42. The monoisotopic (exact) mass is 398 g/mol. The Morgan fingerprint density at radius 1 is 0.963 bits per heavy atom. The first kappa shape index (κ1) is 18.0. The van der Waals surface area contributed by atoms with Crippen LogP contribution in [-0.2, 0) is 0 Å². The van der Waals surface area contributed by atoms with E-state index in [1.165, 1.54) is 5.56 Å². The predicted octanol–water partition coefficient (Wildman–Crippen LogP) is 5.86. The zero-order valence-corrected chi connectivity index (χ0v) is 16.3. The first-order chi connectivity index (χ1) is 13.2. The molecule has 4 rings (SSSR count). The largest absolute Gasteiger partial charge is 0.497 e. The Balaban J connectivity index is 1.51. The maximum absolute atomic E-state index is 5.91. The van der Waals surface area contributed by atoms with E-state index in [2.05, 4.69) is 33.3 Å². The van der Waals surface area contributed by atoms with Gasteiger partial charge in [0, 0.05) is 29.4 Å². The second-order valence-electron chi connectivity index (χ2n) is 6.11. The Morgan fingerprint density at radius 3 is 2.37 bits per heavy atom. The normalized spacial score (nSPS) is 16.4. The van der Waals surface area contributed by atoms with Crippen molar-refractivity contribution in [3.63, 3.8) is 0 Å². The number of nitrogens with one attached hydrogen (secondary N) is 1. The molecular weight excluding hydrogens is 380 g/mol. The molecule has 0 aliphatic carbocycles. The smallest absolute Gasteiger partial charge is 0.127 e. The Morgan fingerprint density at radius 2 is 1.67 bits per heavy atom. The van der Waals surface area contributed by atoms with E-state index in [-0.39, 0.29) is 6.04 Å². The highest BCUT2D eigenvalue weighted by atomic mass is 35.5. The highest BCUT2D eigenvalue weighted by Gasteiger charge is 2.27. The Kier molecular flexibility index (Phi) is 5.43. The van der Waals surface area contributed by atoms with Crippen LogP contribution in [0.4, 0.5) is 5.69 Å². The summed E-state index contributed by atoms with van der Waals surface area (Å²) in [5.41, 5.74) is 2.33. The summed E-state index contributed by atoms with van der Waals surface area (Å²) in [6.45, 7) is 0.862. The first-order valence-corrected chi connectivity index (χ1v) is 9.74. The molecule has 4 nitrogen and oxygen atoms in total. The number of ether oxygens (including phenoxy) is 2. The highest BCUT2D eigenvalue weighted by molar-refractivity contribution is 7.99. The van der Waals surface area contributed by atoms with Crippen LogP contribution < -0.4 is 18.5 Å². The van der Waals surface area contributed by atoms with E-state index < -0.39 is 0 Å². The Labute approximate surface area is 168 Å². The van der Waals surface area contributed by atoms with Gasteiger partial charge in [0.1, 0.15) is 17.2 Å². The average Bonchev–Trinajstić information content (AvgIpc) is 3.20.